The molecule has 1 N–H and O–H groups in total. The van der Waals surface area contributed by atoms with Crippen LogP contribution in [0.3, 0.4) is 0 Å². The van der Waals surface area contributed by atoms with Gasteiger partial charge in [-0.3, -0.25) is 9.89 Å². The van der Waals surface area contributed by atoms with Crippen molar-refractivity contribution < 1.29 is 13.2 Å². The Labute approximate surface area is 98.5 Å². The summed E-state index contributed by atoms with van der Waals surface area (Å²) in [6, 6.07) is -0.0170. The summed E-state index contributed by atoms with van der Waals surface area (Å²) in [6.07, 6.45) is 1.03. The van der Waals surface area contributed by atoms with Crippen LogP contribution in [0.4, 0.5) is 0 Å². The maximum absolute atomic E-state index is 12.0. The third kappa shape index (κ3) is 1.83. The third-order valence-electron chi connectivity index (χ3n) is 3.48. The van der Waals surface area contributed by atoms with Gasteiger partial charge >= 0.3 is 0 Å². The lowest BCUT2D eigenvalue weighted by molar-refractivity contribution is 0.129. The van der Waals surface area contributed by atoms with E-state index in [1.54, 1.807) is 4.68 Å². The number of fused-ring (bicyclic) bond motifs is 1. The molecule has 0 aliphatic carbocycles. The van der Waals surface area contributed by atoms with Crippen molar-refractivity contribution >= 4 is 9.84 Å². The van der Waals surface area contributed by atoms with Gasteiger partial charge in [0.25, 0.3) is 5.56 Å². The van der Waals surface area contributed by atoms with Crippen LogP contribution < -0.4 is 5.56 Å². The first kappa shape index (κ1) is 11.0. The molecule has 2 aliphatic heterocycles. The van der Waals surface area contributed by atoms with Crippen molar-refractivity contribution in [2.24, 2.45) is 0 Å². The van der Waals surface area contributed by atoms with Crippen LogP contribution in [0.25, 0.3) is 0 Å². The molecule has 3 heterocycles. The molecular formula is C10H14N2O4S. The van der Waals surface area contributed by atoms with Gasteiger partial charge in [0.2, 0.25) is 0 Å². The fourth-order valence-corrected chi connectivity index (χ4v) is 3.92. The highest BCUT2D eigenvalue weighted by Crippen LogP contribution is 2.24. The quantitative estimate of drug-likeness (QED) is 0.766. The molecule has 3 rings (SSSR count). The van der Waals surface area contributed by atoms with E-state index < -0.39 is 9.84 Å². The number of hydrogen-bond acceptors (Lipinski definition) is 4. The molecule has 1 aromatic rings. The van der Waals surface area contributed by atoms with Crippen molar-refractivity contribution in [1.29, 1.82) is 0 Å². The van der Waals surface area contributed by atoms with Crippen molar-refractivity contribution in [1.82, 2.24) is 9.78 Å². The Kier molecular flexibility index (Phi) is 2.41. The minimum atomic E-state index is -2.89. The summed E-state index contributed by atoms with van der Waals surface area (Å²) in [5.74, 6) is 0.342. The molecule has 0 radical (unpaired) electrons. The van der Waals surface area contributed by atoms with E-state index in [4.69, 9.17) is 4.74 Å². The Hall–Kier alpha value is -1.08. The summed E-state index contributed by atoms with van der Waals surface area (Å²) in [5.41, 5.74) is 1.48. The molecule has 0 bridgehead atoms. The van der Waals surface area contributed by atoms with Gasteiger partial charge in [0.1, 0.15) is 9.84 Å². The topological polar surface area (TPSA) is 81.2 Å². The number of H-pyrrole nitrogens is 1. The lowest BCUT2D eigenvalue weighted by Crippen LogP contribution is -2.31. The Bertz CT molecular complexity index is 584. The SMILES string of the molecule is O=c1c2c([nH]n1C1CCS(=O)(=O)CC1)COC2. The summed E-state index contributed by atoms with van der Waals surface area (Å²) >= 11 is 0. The lowest BCUT2D eigenvalue weighted by Gasteiger charge is -2.22. The van der Waals surface area contributed by atoms with Gasteiger partial charge in [-0.1, -0.05) is 0 Å². The average Bonchev–Trinajstić information content (AvgIpc) is 2.83. The fourth-order valence-electron chi connectivity index (χ4n) is 2.45. The molecule has 0 saturated carbocycles. The second-order valence-electron chi connectivity index (χ2n) is 4.62. The summed E-state index contributed by atoms with van der Waals surface area (Å²) in [5, 5.41) is 3.04. The van der Waals surface area contributed by atoms with Gasteiger partial charge in [0.15, 0.2) is 0 Å². The van der Waals surface area contributed by atoms with Gasteiger partial charge in [0, 0.05) is 0 Å². The van der Waals surface area contributed by atoms with E-state index in [0.29, 0.717) is 31.6 Å². The monoisotopic (exact) mass is 258 g/mol. The predicted molar refractivity (Wildman–Crippen MR) is 60.5 cm³/mol. The van der Waals surface area contributed by atoms with Crippen molar-refractivity contribution in [3.63, 3.8) is 0 Å². The van der Waals surface area contributed by atoms with E-state index in [-0.39, 0.29) is 23.1 Å². The molecule has 0 spiro atoms. The van der Waals surface area contributed by atoms with E-state index in [1.807, 2.05) is 0 Å². The number of aromatic amines is 1. The minimum absolute atomic E-state index is 0.0170. The van der Waals surface area contributed by atoms with Crippen LogP contribution in [-0.4, -0.2) is 29.7 Å². The van der Waals surface area contributed by atoms with Gasteiger partial charge in [-0.05, 0) is 12.8 Å². The van der Waals surface area contributed by atoms with E-state index in [2.05, 4.69) is 5.10 Å². The van der Waals surface area contributed by atoms with Gasteiger partial charge in [0.05, 0.1) is 42.0 Å². The van der Waals surface area contributed by atoms with Crippen molar-refractivity contribution in [3.8, 4) is 0 Å². The average molecular weight is 258 g/mol. The number of aromatic nitrogens is 2. The summed E-state index contributed by atoms with van der Waals surface area (Å²) in [7, 11) is -2.89. The number of sulfone groups is 1. The van der Waals surface area contributed by atoms with Crippen molar-refractivity contribution in [2.75, 3.05) is 11.5 Å². The van der Waals surface area contributed by atoms with E-state index >= 15 is 0 Å². The molecule has 1 fully saturated rings. The molecule has 0 atom stereocenters. The molecule has 1 saturated heterocycles. The normalized spacial score (nSPS) is 23.8. The van der Waals surface area contributed by atoms with Crippen LogP contribution in [0, 0.1) is 0 Å². The largest absolute Gasteiger partial charge is 0.370 e. The Balaban J connectivity index is 1.89. The molecule has 17 heavy (non-hydrogen) atoms. The van der Waals surface area contributed by atoms with Gasteiger partial charge in [-0.25, -0.2) is 13.1 Å². The standard InChI is InChI=1S/C10H14N2O4S/c13-10-8-5-16-6-9(8)11-12(10)7-1-3-17(14,15)4-2-7/h7,11H,1-6H2. The van der Waals surface area contributed by atoms with Gasteiger partial charge < -0.3 is 4.74 Å². The maximum atomic E-state index is 12.0. The third-order valence-corrected chi connectivity index (χ3v) is 5.19. The second-order valence-corrected chi connectivity index (χ2v) is 6.92. The summed E-state index contributed by atoms with van der Waals surface area (Å²) < 4.78 is 29.4. The first-order valence-corrected chi connectivity index (χ1v) is 7.49. The van der Waals surface area contributed by atoms with Crippen molar-refractivity contribution in [2.45, 2.75) is 32.1 Å². The van der Waals surface area contributed by atoms with Crippen LogP contribution in [0.1, 0.15) is 30.1 Å². The number of ether oxygens (including phenoxy) is 1. The van der Waals surface area contributed by atoms with E-state index in [1.165, 1.54) is 0 Å². The molecule has 6 nitrogen and oxygen atoms in total. The van der Waals surface area contributed by atoms with Gasteiger partial charge in [-0.15, -0.1) is 0 Å². The zero-order valence-corrected chi connectivity index (χ0v) is 10.1. The highest BCUT2D eigenvalue weighted by molar-refractivity contribution is 7.91. The smallest absolute Gasteiger partial charge is 0.272 e. The summed E-state index contributed by atoms with van der Waals surface area (Å²) in [4.78, 5) is 12.0. The lowest BCUT2D eigenvalue weighted by atomic mass is 10.1. The second kappa shape index (κ2) is 3.71. The number of nitrogens with one attached hydrogen (secondary N) is 1. The highest BCUT2D eigenvalue weighted by Gasteiger charge is 2.28. The highest BCUT2D eigenvalue weighted by atomic mass is 32.2. The van der Waals surface area contributed by atoms with Gasteiger partial charge in [-0.2, -0.15) is 0 Å². The molecule has 1 aromatic heterocycles. The Morgan fingerprint density at radius 2 is 1.94 bits per heavy atom. The van der Waals surface area contributed by atoms with E-state index in [0.717, 1.165) is 5.69 Å². The van der Waals surface area contributed by atoms with Crippen LogP contribution in [0.2, 0.25) is 0 Å². The molecule has 7 heteroatoms. The first-order valence-electron chi connectivity index (χ1n) is 5.67. The molecule has 2 aliphatic rings. The molecule has 0 aromatic carbocycles. The Morgan fingerprint density at radius 1 is 1.24 bits per heavy atom. The zero-order valence-electron chi connectivity index (χ0n) is 9.31. The zero-order chi connectivity index (χ0) is 12.0. The number of nitrogens with zero attached hydrogens (tertiary/aromatic N) is 1. The van der Waals surface area contributed by atoms with Crippen molar-refractivity contribution in [3.05, 3.63) is 21.6 Å². The maximum Gasteiger partial charge on any atom is 0.272 e. The number of rotatable bonds is 1. The minimum Gasteiger partial charge on any atom is -0.370 e. The predicted octanol–water partition coefficient (Wildman–Crippen LogP) is -0.0437. The van der Waals surface area contributed by atoms with Crippen LogP contribution in [-0.2, 0) is 27.8 Å². The summed E-state index contributed by atoms with van der Waals surface area (Å²) in [6.45, 7) is 0.811. The molecule has 0 amide bonds. The molecular weight excluding hydrogens is 244 g/mol. The fraction of sp³-hybridized carbons (Fsp3) is 0.700. The van der Waals surface area contributed by atoms with E-state index in [9.17, 15) is 13.2 Å². The molecule has 94 valence electrons. The number of hydrogen-bond donors (Lipinski definition) is 1. The van der Waals surface area contributed by atoms with Crippen LogP contribution >= 0.6 is 0 Å². The molecule has 0 unspecified atom stereocenters. The van der Waals surface area contributed by atoms with Crippen LogP contribution in [0.15, 0.2) is 4.79 Å². The first-order chi connectivity index (χ1) is 8.07. The Morgan fingerprint density at radius 3 is 2.59 bits per heavy atom. The van der Waals surface area contributed by atoms with Crippen LogP contribution in [0.5, 0.6) is 0 Å².